The second-order valence-corrected chi connectivity index (χ2v) is 27.7. The Morgan fingerprint density at radius 3 is 0.816 bits per heavy atom. The van der Waals surface area contributed by atoms with Crippen LogP contribution in [0.15, 0.2) is 0 Å². The normalized spacial score (nSPS) is 16.4. The summed E-state index contributed by atoms with van der Waals surface area (Å²) in [6.45, 7) is 5.72. The summed E-state index contributed by atoms with van der Waals surface area (Å²) in [6, 6.07) is 2.45. The van der Waals surface area contributed by atoms with Crippen LogP contribution in [0.1, 0.15) is 97.3 Å². The summed E-state index contributed by atoms with van der Waals surface area (Å²) in [5.41, 5.74) is 17.9. The van der Waals surface area contributed by atoms with Crippen molar-refractivity contribution < 1.29 is 47.4 Å². The molecular formula is C30H75N3O11Si5. The van der Waals surface area contributed by atoms with Gasteiger partial charge in [-0.25, -0.2) is 0 Å². The van der Waals surface area contributed by atoms with E-state index in [4.69, 9.17) is 64.6 Å². The highest BCUT2D eigenvalue weighted by atomic mass is 28.5. The van der Waals surface area contributed by atoms with Gasteiger partial charge in [0.25, 0.3) is 0 Å². The van der Waals surface area contributed by atoms with Crippen molar-refractivity contribution in [2.24, 2.45) is 17.2 Å². The molecule has 6 N–H and O–H groups in total. The van der Waals surface area contributed by atoms with E-state index in [1.165, 1.54) is 19.3 Å². The number of unbranched alkanes of at least 4 members (excludes halogenated alkanes) is 8. The lowest BCUT2D eigenvalue weighted by molar-refractivity contribution is 0.0551. The second-order valence-electron chi connectivity index (χ2n) is 12.3. The van der Waals surface area contributed by atoms with Gasteiger partial charge in [0.05, 0.1) is 0 Å². The van der Waals surface area contributed by atoms with E-state index in [1.54, 1.807) is 49.8 Å². The molecular weight excluding hydrogens is 719 g/mol. The van der Waals surface area contributed by atoms with Gasteiger partial charge in [-0.2, -0.15) is 0 Å². The van der Waals surface area contributed by atoms with Crippen LogP contribution in [0.5, 0.6) is 0 Å². The maximum atomic E-state index is 7.21. The van der Waals surface area contributed by atoms with Gasteiger partial charge in [-0.15, -0.1) is 0 Å². The van der Waals surface area contributed by atoms with E-state index in [-0.39, 0.29) is 0 Å². The van der Waals surface area contributed by atoms with Crippen molar-refractivity contribution in [1.29, 1.82) is 0 Å². The van der Waals surface area contributed by atoms with Gasteiger partial charge in [0, 0.05) is 80.0 Å². The number of nitrogens with two attached hydrogens (primary N) is 3. The molecule has 0 aliphatic rings. The first kappa shape index (κ1) is 49.5. The van der Waals surface area contributed by atoms with Crippen molar-refractivity contribution in [3.05, 3.63) is 0 Å². The molecule has 0 aromatic heterocycles. The lowest BCUT2D eigenvalue weighted by Crippen LogP contribution is -2.68. The summed E-state index contributed by atoms with van der Waals surface area (Å²) in [7, 11) is -6.34. The van der Waals surface area contributed by atoms with Crippen LogP contribution < -0.4 is 17.2 Å². The number of rotatable bonds is 36. The molecule has 0 heterocycles. The van der Waals surface area contributed by atoms with Gasteiger partial charge < -0.3 is 64.6 Å². The third kappa shape index (κ3) is 17.9. The Kier molecular flexibility index (Phi) is 28.3. The molecule has 0 aromatic carbocycles. The van der Waals surface area contributed by atoms with Crippen LogP contribution in [0.3, 0.4) is 0 Å². The van der Waals surface area contributed by atoms with Crippen molar-refractivity contribution >= 4 is 44.0 Å². The highest BCUT2D eigenvalue weighted by Gasteiger charge is 2.63. The minimum Gasteiger partial charge on any atom is -0.378 e. The van der Waals surface area contributed by atoms with Crippen LogP contribution in [-0.4, -0.2) is 113 Å². The van der Waals surface area contributed by atoms with Gasteiger partial charge >= 0.3 is 44.0 Å². The Balaban J connectivity index is 7.15. The topological polar surface area (TPSA) is 180 Å². The molecule has 0 fully saturated rings. The highest BCUT2D eigenvalue weighted by Crippen LogP contribution is 2.37. The van der Waals surface area contributed by atoms with E-state index in [0.717, 1.165) is 44.9 Å². The van der Waals surface area contributed by atoms with E-state index in [9.17, 15) is 0 Å². The molecule has 0 aliphatic heterocycles. The first-order valence-electron chi connectivity index (χ1n) is 18.3. The molecule has 0 rings (SSSR count). The zero-order chi connectivity index (χ0) is 37.1. The van der Waals surface area contributed by atoms with E-state index in [1.807, 2.05) is 0 Å². The van der Waals surface area contributed by atoms with E-state index >= 15 is 0 Å². The number of hydrogen-bond acceptors (Lipinski definition) is 14. The Hall–Kier alpha value is 0.524. The van der Waals surface area contributed by atoms with Crippen LogP contribution >= 0.6 is 0 Å². The Labute approximate surface area is 304 Å². The minimum absolute atomic E-state index is 0.392. The molecule has 14 nitrogen and oxygen atoms in total. The third-order valence-corrected chi connectivity index (χ3v) is 27.8. The molecule has 0 bridgehead atoms. The minimum atomic E-state index is -3.75. The standard InChI is InChI=1S/C30H75N3O11Si5/c1-10-12-14-16-17-19-27-48(39-8,42-46(36-5,37-6)29-21-24-32)44-49(40-9,30-22-25-33)43-47(38-7,26-18-15-13-11-2)41-45(34-3,35-4)28-20-23-31/h10-33H2,1-9H3. The molecule has 0 amide bonds. The Morgan fingerprint density at radius 2 is 0.531 bits per heavy atom. The molecule has 0 aromatic rings. The predicted octanol–water partition coefficient (Wildman–Crippen LogP) is 5.26. The molecule has 3 atom stereocenters. The van der Waals surface area contributed by atoms with Gasteiger partial charge in [-0.3, -0.25) is 0 Å². The first-order valence-corrected chi connectivity index (χ1v) is 28.0. The van der Waals surface area contributed by atoms with Crippen molar-refractivity contribution in [2.75, 3.05) is 69.4 Å². The van der Waals surface area contributed by atoms with Gasteiger partial charge in [-0.05, 0) is 51.7 Å². The molecule has 49 heavy (non-hydrogen) atoms. The van der Waals surface area contributed by atoms with Crippen LogP contribution in [0.2, 0.25) is 30.2 Å². The Bertz CT molecular complexity index is 800. The fourth-order valence-electron chi connectivity index (χ4n) is 5.56. The summed E-state index contributed by atoms with van der Waals surface area (Å²) in [5.74, 6) is 0. The fourth-order valence-corrected chi connectivity index (χ4v) is 26.4. The van der Waals surface area contributed by atoms with Gasteiger partial charge in [0.2, 0.25) is 0 Å². The maximum absolute atomic E-state index is 7.21. The molecule has 0 radical (unpaired) electrons. The van der Waals surface area contributed by atoms with Gasteiger partial charge in [-0.1, -0.05) is 65.2 Å². The van der Waals surface area contributed by atoms with Crippen molar-refractivity contribution in [3.63, 3.8) is 0 Å². The Morgan fingerprint density at radius 1 is 0.306 bits per heavy atom. The molecule has 0 aliphatic carbocycles. The quantitative estimate of drug-likeness (QED) is 0.0553. The highest BCUT2D eigenvalue weighted by molar-refractivity contribution is 6.85. The SMILES string of the molecule is CCCCCCCC[Si](OC)(O[Si](CCCN)(OC)OC)O[Si](CCCN)(OC)O[Si](CCCCCC)(OC)O[Si](CCCN)(OC)OC. The monoisotopic (exact) mass is 793 g/mol. The molecule has 3 unspecified atom stereocenters. The average molecular weight is 794 g/mol. The molecule has 0 spiro atoms. The zero-order valence-corrected chi connectivity index (χ0v) is 37.6. The zero-order valence-electron chi connectivity index (χ0n) is 32.6. The summed E-state index contributed by atoms with van der Waals surface area (Å²) in [6.07, 6.45) is 12.3. The summed E-state index contributed by atoms with van der Waals surface area (Å²) >= 11 is 0. The maximum Gasteiger partial charge on any atom is 0.493 e. The lowest BCUT2D eigenvalue weighted by atomic mass is 10.1. The smallest absolute Gasteiger partial charge is 0.378 e. The van der Waals surface area contributed by atoms with Crippen molar-refractivity contribution in [2.45, 2.75) is 128 Å². The summed E-state index contributed by atoms with van der Waals surface area (Å²) in [5, 5.41) is 0. The number of hydrogen-bond donors (Lipinski definition) is 3. The average Bonchev–Trinajstić information content (AvgIpc) is 3.13. The molecule has 296 valence electrons. The van der Waals surface area contributed by atoms with E-state index in [2.05, 4.69) is 13.8 Å². The summed E-state index contributed by atoms with van der Waals surface area (Å²) < 4.78 is 71.4. The fraction of sp³-hybridized carbons (Fsp3) is 1.00. The molecule has 19 heteroatoms. The van der Waals surface area contributed by atoms with Crippen molar-refractivity contribution in [3.8, 4) is 0 Å². The van der Waals surface area contributed by atoms with Crippen molar-refractivity contribution in [1.82, 2.24) is 0 Å². The largest absolute Gasteiger partial charge is 0.493 e. The molecule has 0 saturated heterocycles. The summed E-state index contributed by atoms with van der Waals surface area (Å²) in [4.78, 5) is 0. The predicted molar refractivity (Wildman–Crippen MR) is 205 cm³/mol. The van der Waals surface area contributed by atoms with Crippen LogP contribution in [0.25, 0.3) is 0 Å². The molecule has 0 saturated carbocycles. The van der Waals surface area contributed by atoms with Crippen LogP contribution in [0.4, 0.5) is 0 Å². The van der Waals surface area contributed by atoms with Crippen LogP contribution in [-0.2, 0) is 47.4 Å². The first-order chi connectivity index (χ1) is 23.6. The van der Waals surface area contributed by atoms with E-state index in [0.29, 0.717) is 69.1 Å². The van der Waals surface area contributed by atoms with Gasteiger partial charge in [0.1, 0.15) is 0 Å². The van der Waals surface area contributed by atoms with Gasteiger partial charge in [0.15, 0.2) is 0 Å². The second kappa shape index (κ2) is 28.0. The third-order valence-electron chi connectivity index (χ3n) is 8.66. The lowest BCUT2D eigenvalue weighted by Gasteiger charge is -2.45. The van der Waals surface area contributed by atoms with E-state index < -0.39 is 44.0 Å². The van der Waals surface area contributed by atoms with Crippen LogP contribution in [0, 0.1) is 0 Å².